The van der Waals surface area contributed by atoms with E-state index in [1.165, 1.54) is 18.2 Å². The molecule has 1 aromatic rings. The van der Waals surface area contributed by atoms with Crippen LogP contribution in [0.1, 0.15) is 25.8 Å². The Bertz CT molecular complexity index is 421. The fourth-order valence-electron chi connectivity index (χ4n) is 1.50. The minimum Gasteiger partial charge on any atom is -0.490 e. The smallest absolute Gasteiger partial charge is 0.129 e. The average molecular weight is 255 g/mol. The maximum absolute atomic E-state index is 13.2. The molecule has 0 bridgehead atoms. The molecule has 1 aromatic carbocycles. The van der Waals surface area contributed by atoms with Gasteiger partial charge in [-0.15, -0.1) is 0 Å². The van der Waals surface area contributed by atoms with Crippen molar-refractivity contribution < 1.29 is 19.1 Å². The lowest BCUT2D eigenvalue weighted by molar-refractivity contribution is 0.135. The van der Waals surface area contributed by atoms with Crippen LogP contribution in [-0.2, 0) is 4.74 Å². The second-order valence-electron chi connectivity index (χ2n) is 4.04. The predicted molar refractivity (Wildman–Crippen MR) is 67.0 cm³/mol. The molecule has 5 heteroatoms. The summed E-state index contributed by atoms with van der Waals surface area (Å²) in [7, 11) is 1.62. The molecule has 0 aliphatic rings. The molecule has 4 nitrogen and oxygen atoms in total. The predicted octanol–water partition coefficient (Wildman–Crippen LogP) is 2.83. The monoisotopic (exact) mass is 255 g/mol. The third-order valence-corrected chi connectivity index (χ3v) is 2.54. The van der Waals surface area contributed by atoms with Crippen LogP contribution in [0.25, 0.3) is 0 Å². The molecule has 0 saturated heterocycles. The molecule has 0 fully saturated rings. The van der Waals surface area contributed by atoms with E-state index >= 15 is 0 Å². The molecule has 0 heterocycles. The summed E-state index contributed by atoms with van der Waals surface area (Å²) in [6.45, 7) is 4.07. The van der Waals surface area contributed by atoms with Crippen molar-refractivity contribution in [2.75, 3.05) is 13.7 Å². The van der Waals surface area contributed by atoms with Crippen LogP contribution in [0.3, 0.4) is 0 Å². The van der Waals surface area contributed by atoms with Crippen molar-refractivity contribution in [3.05, 3.63) is 29.6 Å². The molecule has 18 heavy (non-hydrogen) atoms. The van der Waals surface area contributed by atoms with E-state index in [2.05, 4.69) is 5.16 Å². The van der Waals surface area contributed by atoms with Gasteiger partial charge in [0.25, 0.3) is 0 Å². The van der Waals surface area contributed by atoms with Gasteiger partial charge in [-0.25, -0.2) is 4.39 Å². The second kappa shape index (κ2) is 6.96. The third-order valence-electron chi connectivity index (χ3n) is 2.54. The van der Waals surface area contributed by atoms with E-state index in [9.17, 15) is 4.39 Å². The Morgan fingerprint density at radius 3 is 2.83 bits per heavy atom. The van der Waals surface area contributed by atoms with Gasteiger partial charge in [0, 0.05) is 25.7 Å². The van der Waals surface area contributed by atoms with Crippen LogP contribution in [0, 0.1) is 5.82 Å². The van der Waals surface area contributed by atoms with E-state index in [0.717, 1.165) is 6.42 Å². The Balaban J connectivity index is 2.87. The van der Waals surface area contributed by atoms with Gasteiger partial charge in [-0.3, -0.25) is 0 Å². The number of benzene rings is 1. The zero-order chi connectivity index (χ0) is 13.5. The standard InChI is InChI=1S/C13H18FNO3/c1-9(6-7-17-3)18-13-5-4-11(14)8-12(13)10(2)15-16/h4-5,8-9,16H,6-7H2,1-3H3/b15-10+. The number of hydrogen-bond acceptors (Lipinski definition) is 4. The summed E-state index contributed by atoms with van der Waals surface area (Å²) in [4.78, 5) is 0. The number of rotatable bonds is 6. The molecule has 0 amide bonds. The first-order chi connectivity index (χ1) is 8.58. The lowest BCUT2D eigenvalue weighted by atomic mass is 10.1. The number of hydrogen-bond donors (Lipinski definition) is 1. The molecule has 1 unspecified atom stereocenters. The second-order valence-corrected chi connectivity index (χ2v) is 4.04. The van der Waals surface area contributed by atoms with E-state index in [1.807, 2.05) is 6.92 Å². The summed E-state index contributed by atoms with van der Waals surface area (Å²) in [6, 6.07) is 4.13. The van der Waals surface area contributed by atoms with E-state index < -0.39 is 5.82 Å². The number of oxime groups is 1. The molecule has 0 aromatic heterocycles. The van der Waals surface area contributed by atoms with Crippen LogP contribution < -0.4 is 4.74 Å². The number of nitrogens with zero attached hydrogens (tertiary/aromatic N) is 1. The first kappa shape index (κ1) is 14.4. The largest absolute Gasteiger partial charge is 0.490 e. The minimum absolute atomic E-state index is 0.0688. The minimum atomic E-state index is -0.398. The summed E-state index contributed by atoms with van der Waals surface area (Å²) >= 11 is 0. The molecule has 0 aliphatic heterocycles. The molecule has 1 rings (SSSR count). The van der Waals surface area contributed by atoms with Crippen molar-refractivity contribution in [3.63, 3.8) is 0 Å². The summed E-state index contributed by atoms with van der Waals surface area (Å²) in [5, 5.41) is 11.8. The van der Waals surface area contributed by atoms with Gasteiger partial charge in [0.2, 0.25) is 0 Å². The maximum Gasteiger partial charge on any atom is 0.129 e. The van der Waals surface area contributed by atoms with Gasteiger partial charge in [-0.05, 0) is 32.0 Å². The highest BCUT2D eigenvalue weighted by atomic mass is 19.1. The molecule has 0 aliphatic carbocycles. The molecule has 0 radical (unpaired) electrons. The average Bonchev–Trinajstić information content (AvgIpc) is 2.37. The third kappa shape index (κ3) is 4.00. The van der Waals surface area contributed by atoms with Crippen molar-refractivity contribution >= 4 is 5.71 Å². The van der Waals surface area contributed by atoms with Gasteiger partial charge in [0.05, 0.1) is 11.8 Å². The zero-order valence-electron chi connectivity index (χ0n) is 10.8. The topological polar surface area (TPSA) is 51.0 Å². The van der Waals surface area contributed by atoms with Crippen LogP contribution in [0.5, 0.6) is 5.75 Å². The van der Waals surface area contributed by atoms with Crippen LogP contribution >= 0.6 is 0 Å². The fourth-order valence-corrected chi connectivity index (χ4v) is 1.50. The molecule has 1 N–H and O–H groups in total. The van der Waals surface area contributed by atoms with Gasteiger partial charge in [-0.2, -0.15) is 0 Å². The van der Waals surface area contributed by atoms with Gasteiger partial charge in [0.15, 0.2) is 0 Å². The molecule has 0 saturated carbocycles. The Labute approximate surface area is 106 Å². The Hall–Kier alpha value is -1.62. The van der Waals surface area contributed by atoms with Crippen molar-refractivity contribution in [2.45, 2.75) is 26.4 Å². The van der Waals surface area contributed by atoms with E-state index in [1.54, 1.807) is 14.0 Å². The van der Waals surface area contributed by atoms with Gasteiger partial charge in [0.1, 0.15) is 11.6 Å². The summed E-state index contributed by atoms with van der Waals surface area (Å²) in [5.74, 6) is 0.0974. The first-order valence-corrected chi connectivity index (χ1v) is 5.72. The van der Waals surface area contributed by atoms with Crippen LogP contribution in [-0.4, -0.2) is 30.7 Å². The molecular weight excluding hydrogens is 237 g/mol. The number of halogens is 1. The molecule has 1 atom stereocenters. The maximum atomic E-state index is 13.2. The highest BCUT2D eigenvalue weighted by molar-refractivity contribution is 6.00. The zero-order valence-corrected chi connectivity index (χ0v) is 10.8. The van der Waals surface area contributed by atoms with Crippen LogP contribution in [0.2, 0.25) is 0 Å². The van der Waals surface area contributed by atoms with Gasteiger partial charge in [-0.1, -0.05) is 5.16 Å². The lowest BCUT2D eigenvalue weighted by Crippen LogP contribution is -2.16. The number of methoxy groups -OCH3 is 1. The summed E-state index contributed by atoms with van der Waals surface area (Å²) in [6.07, 6.45) is 0.656. The first-order valence-electron chi connectivity index (χ1n) is 5.72. The molecule has 100 valence electrons. The molecular formula is C13H18FNO3. The Morgan fingerprint density at radius 1 is 1.50 bits per heavy atom. The number of ether oxygens (including phenoxy) is 2. The van der Waals surface area contributed by atoms with Gasteiger partial charge >= 0.3 is 0 Å². The Morgan fingerprint density at radius 2 is 2.22 bits per heavy atom. The van der Waals surface area contributed by atoms with E-state index in [0.29, 0.717) is 23.6 Å². The van der Waals surface area contributed by atoms with Crippen LogP contribution in [0.15, 0.2) is 23.4 Å². The van der Waals surface area contributed by atoms with E-state index in [-0.39, 0.29) is 6.10 Å². The SMILES string of the molecule is COCCC(C)Oc1ccc(F)cc1/C(C)=N/O. The van der Waals surface area contributed by atoms with Crippen molar-refractivity contribution in [2.24, 2.45) is 5.16 Å². The quantitative estimate of drug-likeness (QED) is 0.483. The molecule has 0 spiro atoms. The normalized spacial score (nSPS) is 13.4. The Kier molecular flexibility index (Phi) is 5.58. The summed E-state index contributed by atoms with van der Waals surface area (Å²) < 4.78 is 23.8. The fraction of sp³-hybridized carbons (Fsp3) is 0.462. The highest BCUT2D eigenvalue weighted by Crippen LogP contribution is 2.22. The van der Waals surface area contributed by atoms with Crippen molar-refractivity contribution in [1.82, 2.24) is 0 Å². The van der Waals surface area contributed by atoms with Crippen LogP contribution in [0.4, 0.5) is 4.39 Å². The van der Waals surface area contributed by atoms with Gasteiger partial charge < -0.3 is 14.7 Å². The van der Waals surface area contributed by atoms with Crippen molar-refractivity contribution in [1.29, 1.82) is 0 Å². The van der Waals surface area contributed by atoms with E-state index in [4.69, 9.17) is 14.7 Å². The lowest BCUT2D eigenvalue weighted by Gasteiger charge is -2.17. The van der Waals surface area contributed by atoms with Crippen molar-refractivity contribution in [3.8, 4) is 5.75 Å². The highest BCUT2D eigenvalue weighted by Gasteiger charge is 2.12. The summed E-state index contributed by atoms with van der Waals surface area (Å²) in [5.41, 5.74) is 0.755.